The average molecular weight is 418 g/mol. The summed E-state index contributed by atoms with van der Waals surface area (Å²) in [5, 5.41) is 9.70. The van der Waals surface area contributed by atoms with Crippen LogP contribution in [0, 0.1) is 12.7 Å². The first-order chi connectivity index (χ1) is 15.1. The van der Waals surface area contributed by atoms with Crippen molar-refractivity contribution in [3.05, 3.63) is 101 Å². The molecule has 0 aliphatic heterocycles. The Morgan fingerprint density at radius 1 is 1.13 bits per heavy atom. The average Bonchev–Trinajstić information content (AvgIpc) is 3.29. The number of aromatic nitrogens is 2. The third-order valence-electron chi connectivity index (χ3n) is 5.79. The fraction of sp³-hybridized carbons (Fsp3) is 0.240. The summed E-state index contributed by atoms with van der Waals surface area (Å²) in [6.45, 7) is 2.20. The Hall–Kier alpha value is -3.22. The second-order valence-electron chi connectivity index (χ2n) is 7.79. The molecule has 2 aromatic heterocycles. The number of pyridine rings is 1. The van der Waals surface area contributed by atoms with Gasteiger partial charge in [0, 0.05) is 12.6 Å². The molecule has 0 bridgehead atoms. The zero-order valence-corrected chi connectivity index (χ0v) is 17.2. The van der Waals surface area contributed by atoms with Gasteiger partial charge >= 0.3 is 0 Å². The van der Waals surface area contributed by atoms with Crippen molar-refractivity contribution in [3.8, 4) is 5.75 Å². The van der Waals surface area contributed by atoms with Crippen molar-refractivity contribution in [2.24, 2.45) is 0 Å². The maximum Gasteiger partial charge on any atom is 0.180 e. The quantitative estimate of drug-likeness (QED) is 0.500. The molecular weight excluding hydrogens is 395 g/mol. The first-order valence-corrected chi connectivity index (χ1v) is 10.3. The van der Waals surface area contributed by atoms with Gasteiger partial charge in [0.2, 0.25) is 0 Å². The van der Waals surface area contributed by atoms with E-state index < -0.39 is 0 Å². The van der Waals surface area contributed by atoms with E-state index in [1.165, 1.54) is 6.07 Å². The van der Waals surface area contributed by atoms with Gasteiger partial charge in [-0.1, -0.05) is 36.4 Å². The number of aryl methyl sites for hydroxylation is 1. The van der Waals surface area contributed by atoms with E-state index in [4.69, 9.17) is 9.47 Å². The van der Waals surface area contributed by atoms with Crippen molar-refractivity contribution in [1.82, 2.24) is 9.38 Å². The lowest BCUT2D eigenvalue weighted by Crippen LogP contribution is -2.23. The van der Waals surface area contributed by atoms with Gasteiger partial charge in [0.1, 0.15) is 11.9 Å². The number of benzene rings is 2. The lowest BCUT2D eigenvalue weighted by molar-refractivity contribution is -0.0253. The van der Waals surface area contributed by atoms with Gasteiger partial charge in [-0.25, -0.2) is 9.37 Å². The molecule has 0 amide bonds. The van der Waals surface area contributed by atoms with Gasteiger partial charge in [-0.3, -0.25) is 4.40 Å². The molecular formula is C25H23FN2O3. The molecule has 1 aliphatic carbocycles. The Morgan fingerprint density at radius 2 is 1.97 bits per heavy atom. The highest BCUT2D eigenvalue weighted by Crippen LogP contribution is 2.39. The number of aliphatic hydroxyl groups is 1. The second-order valence-corrected chi connectivity index (χ2v) is 7.79. The van der Waals surface area contributed by atoms with Crippen LogP contribution in [0.3, 0.4) is 0 Å². The molecule has 5 rings (SSSR count). The van der Waals surface area contributed by atoms with Crippen LogP contribution in [0.5, 0.6) is 5.75 Å². The van der Waals surface area contributed by atoms with Crippen molar-refractivity contribution >= 4 is 5.65 Å². The van der Waals surface area contributed by atoms with E-state index in [1.54, 1.807) is 12.1 Å². The number of fused-ring (bicyclic) bond motifs is 2. The normalized spacial score (nSPS) is 17.8. The predicted molar refractivity (Wildman–Crippen MR) is 114 cm³/mol. The van der Waals surface area contributed by atoms with E-state index >= 15 is 0 Å². The van der Waals surface area contributed by atoms with Crippen molar-refractivity contribution in [2.75, 3.05) is 0 Å². The Labute approximate surface area is 179 Å². The fourth-order valence-electron chi connectivity index (χ4n) is 4.24. The Bertz CT molecular complexity index is 1220. The van der Waals surface area contributed by atoms with Crippen LogP contribution in [0.4, 0.5) is 4.39 Å². The molecule has 158 valence electrons. The molecule has 6 heteroatoms. The van der Waals surface area contributed by atoms with Gasteiger partial charge in [-0.05, 0) is 47.9 Å². The summed E-state index contributed by atoms with van der Waals surface area (Å²) < 4.78 is 28.4. The van der Waals surface area contributed by atoms with Crippen molar-refractivity contribution in [2.45, 2.75) is 38.8 Å². The highest BCUT2D eigenvalue weighted by atomic mass is 19.1. The maximum atomic E-state index is 13.9. The predicted octanol–water partition coefficient (Wildman–Crippen LogP) is 4.54. The minimum atomic E-state index is -0.389. The van der Waals surface area contributed by atoms with Gasteiger partial charge in [0.25, 0.3) is 0 Å². The molecule has 0 radical (unpaired) electrons. The summed E-state index contributed by atoms with van der Waals surface area (Å²) in [6.07, 6.45) is 1.78. The van der Waals surface area contributed by atoms with Crippen LogP contribution < -0.4 is 4.74 Å². The zero-order valence-electron chi connectivity index (χ0n) is 17.2. The van der Waals surface area contributed by atoms with Gasteiger partial charge in [0.15, 0.2) is 17.5 Å². The highest BCUT2D eigenvalue weighted by Gasteiger charge is 2.36. The number of ether oxygens (including phenoxy) is 2. The summed E-state index contributed by atoms with van der Waals surface area (Å²) in [7, 11) is 0. The molecule has 0 saturated heterocycles. The van der Waals surface area contributed by atoms with E-state index in [0.717, 1.165) is 28.1 Å². The van der Waals surface area contributed by atoms with Crippen molar-refractivity contribution in [1.29, 1.82) is 0 Å². The Kier molecular flexibility index (Phi) is 5.18. The third-order valence-corrected chi connectivity index (χ3v) is 5.79. The number of halogens is 1. The van der Waals surface area contributed by atoms with Crippen LogP contribution in [-0.4, -0.2) is 20.6 Å². The number of hydrogen-bond acceptors (Lipinski definition) is 4. The maximum absolute atomic E-state index is 13.9. The summed E-state index contributed by atoms with van der Waals surface area (Å²) in [5.74, 6) is 0.334. The van der Waals surface area contributed by atoms with Crippen molar-refractivity contribution in [3.63, 3.8) is 0 Å². The molecule has 0 saturated carbocycles. The second kappa shape index (κ2) is 8.13. The van der Waals surface area contributed by atoms with Crippen molar-refractivity contribution < 1.29 is 19.0 Å². The van der Waals surface area contributed by atoms with E-state index in [9.17, 15) is 9.50 Å². The van der Waals surface area contributed by atoms with Crippen LogP contribution in [-0.2, 0) is 24.4 Å². The van der Waals surface area contributed by atoms with E-state index in [-0.39, 0.29) is 24.6 Å². The van der Waals surface area contributed by atoms with Crippen LogP contribution in [0.25, 0.3) is 5.65 Å². The van der Waals surface area contributed by atoms with Crippen LogP contribution in [0.15, 0.2) is 66.9 Å². The summed E-state index contributed by atoms with van der Waals surface area (Å²) in [4.78, 5) is 4.59. The lowest BCUT2D eigenvalue weighted by atomic mass is 10.1. The molecule has 2 unspecified atom stereocenters. The first-order valence-electron chi connectivity index (χ1n) is 10.3. The van der Waals surface area contributed by atoms with Gasteiger partial charge in [0.05, 0.1) is 24.6 Å². The summed E-state index contributed by atoms with van der Waals surface area (Å²) >= 11 is 0. The Morgan fingerprint density at radius 3 is 2.77 bits per heavy atom. The highest BCUT2D eigenvalue weighted by molar-refractivity contribution is 5.56. The van der Waals surface area contributed by atoms with E-state index in [0.29, 0.717) is 24.4 Å². The third kappa shape index (κ3) is 3.69. The van der Waals surface area contributed by atoms with Gasteiger partial charge < -0.3 is 14.6 Å². The number of hydrogen-bond donors (Lipinski definition) is 1. The minimum Gasteiger partial charge on any atom is -0.479 e. The molecule has 31 heavy (non-hydrogen) atoms. The standard InChI is InChI=1S/C25H23FN2O3/c1-16-21(14-29)28-11-5-8-22(25(28)27-16)31-24-20-10-9-19(26)12-18(20)13-23(24)30-15-17-6-3-2-4-7-17/h2-12,23-24,29H,13-15H2,1H3. The molecule has 1 N–H and O–H groups in total. The zero-order chi connectivity index (χ0) is 21.4. The fourth-order valence-corrected chi connectivity index (χ4v) is 4.24. The number of rotatable bonds is 6. The molecule has 0 spiro atoms. The molecule has 2 atom stereocenters. The molecule has 2 heterocycles. The number of aliphatic hydroxyl groups excluding tert-OH is 1. The van der Waals surface area contributed by atoms with Crippen LogP contribution in [0.1, 0.15) is 34.2 Å². The number of nitrogens with zero attached hydrogens (tertiary/aromatic N) is 2. The minimum absolute atomic E-state index is 0.106. The lowest BCUT2D eigenvalue weighted by Gasteiger charge is -2.23. The Balaban J connectivity index is 1.48. The van der Waals surface area contributed by atoms with Crippen LogP contribution >= 0.6 is 0 Å². The van der Waals surface area contributed by atoms with E-state index in [2.05, 4.69) is 4.98 Å². The monoisotopic (exact) mass is 418 g/mol. The van der Waals surface area contributed by atoms with Gasteiger partial charge in [-0.2, -0.15) is 0 Å². The molecule has 0 fully saturated rings. The number of imidazole rings is 1. The molecule has 1 aliphatic rings. The SMILES string of the molecule is Cc1nc2c(OC3c4ccc(F)cc4CC3OCc3ccccc3)cccn2c1CO. The smallest absolute Gasteiger partial charge is 0.180 e. The van der Waals surface area contributed by atoms with Gasteiger partial charge in [-0.15, -0.1) is 0 Å². The summed E-state index contributed by atoms with van der Waals surface area (Å²) in [5.41, 5.74) is 5.01. The first kappa shape index (κ1) is 19.7. The summed E-state index contributed by atoms with van der Waals surface area (Å²) in [6, 6.07) is 18.5. The van der Waals surface area contributed by atoms with E-state index in [1.807, 2.05) is 60.0 Å². The van der Waals surface area contributed by atoms with Crippen LogP contribution in [0.2, 0.25) is 0 Å². The molecule has 4 aromatic rings. The topological polar surface area (TPSA) is 56.0 Å². The molecule has 2 aromatic carbocycles. The molecule has 5 nitrogen and oxygen atoms in total. The largest absolute Gasteiger partial charge is 0.479 e.